The van der Waals surface area contributed by atoms with Crippen molar-refractivity contribution in [2.24, 2.45) is 11.8 Å². The molecule has 0 nitrogen and oxygen atoms in total. The Morgan fingerprint density at radius 2 is 1.22 bits per heavy atom. The predicted molar refractivity (Wildman–Crippen MR) is 83.0 cm³/mol. The fourth-order valence-corrected chi connectivity index (χ4v) is 3.45. The molecule has 0 spiro atoms. The summed E-state index contributed by atoms with van der Waals surface area (Å²) in [5.74, 6) is 2.05. The minimum atomic E-state index is 0.988. The number of hydrogen-bond donors (Lipinski definition) is 0. The molecule has 0 saturated heterocycles. The highest BCUT2D eigenvalue weighted by molar-refractivity contribution is 4.63. The Hall–Kier alpha value is 0. The minimum absolute atomic E-state index is 0.988. The van der Waals surface area contributed by atoms with Crippen LogP contribution in [0, 0.1) is 11.8 Å². The lowest BCUT2D eigenvalue weighted by atomic mass is 9.90. The molecule has 1 saturated carbocycles. The van der Waals surface area contributed by atoms with Crippen LogP contribution >= 0.6 is 0 Å². The topological polar surface area (TPSA) is 0 Å². The van der Waals surface area contributed by atoms with E-state index in [-0.39, 0.29) is 0 Å². The van der Waals surface area contributed by atoms with Gasteiger partial charge in [0, 0.05) is 0 Å². The maximum Gasteiger partial charge on any atom is -0.0414 e. The average molecular weight is 252 g/mol. The van der Waals surface area contributed by atoms with E-state index >= 15 is 0 Å². The third kappa shape index (κ3) is 8.16. The molecule has 0 bridgehead atoms. The van der Waals surface area contributed by atoms with Gasteiger partial charge in [-0.3, -0.25) is 0 Å². The van der Waals surface area contributed by atoms with Crippen LogP contribution in [0.15, 0.2) is 0 Å². The molecule has 1 aliphatic rings. The quantitative estimate of drug-likeness (QED) is 0.522. The zero-order chi connectivity index (χ0) is 13.1. The van der Waals surface area contributed by atoms with Gasteiger partial charge in [-0.05, 0) is 11.8 Å². The molecule has 0 heterocycles. The van der Waals surface area contributed by atoms with Crippen LogP contribution in [0.1, 0.15) is 104 Å². The molecule has 0 aliphatic heterocycles. The van der Waals surface area contributed by atoms with E-state index in [1.807, 2.05) is 0 Å². The summed E-state index contributed by atoms with van der Waals surface area (Å²) in [5, 5.41) is 0. The maximum absolute atomic E-state index is 2.46. The van der Waals surface area contributed by atoms with Gasteiger partial charge in [0.25, 0.3) is 0 Å². The van der Waals surface area contributed by atoms with Crippen molar-refractivity contribution in [1.29, 1.82) is 0 Å². The first-order valence-electron chi connectivity index (χ1n) is 8.83. The summed E-state index contributed by atoms with van der Waals surface area (Å²) < 4.78 is 0. The summed E-state index contributed by atoms with van der Waals surface area (Å²) in [7, 11) is 0. The Bertz CT molecular complexity index is 173. The van der Waals surface area contributed by atoms with Crippen molar-refractivity contribution in [2.75, 3.05) is 0 Å². The van der Waals surface area contributed by atoms with E-state index in [2.05, 4.69) is 13.8 Å². The Balaban J connectivity index is 2.26. The number of rotatable bonds is 3. The van der Waals surface area contributed by atoms with Gasteiger partial charge in [-0.2, -0.15) is 0 Å². The van der Waals surface area contributed by atoms with E-state index in [4.69, 9.17) is 0 Å². The molecule has 0 aromatic heterocycles. The lowest BCUT2D eigenvalue weighted by Gasteiger charge is -2.16. The molecule has 1 aliphatic carbocycles. The molecule has 1 fully saturated rings. The summed E-state index contributed by atoms with van der Waals surface area (Å²) in [4.78, 5) is 0. The molecule has 18 heavy (non-hydrogen) atoms. The highest BCUT2D eigenvalue weighted by Crippen LogP contribution is 2.25. The molecule has 0 aromatic rings. The number of unbranched alkanes of at least 4 members (excludes halogenated alkanes) is 1. The predicted octanol–water partition coefficient (Wildman–Crippen LogP) is 6.73. The lowest BCUT2D eigenvalue weighted by Crippen LogP contribution is -2.01. The molecular weight excluding hydrogens is 216 g/mol. The summed E-state index contributed by atoms with van der Waals surface area (Å²) in [6.45, 7) is 4.80. The van der Waals surface area contributed by atoms with Gasteiger partial charge in [0.05, 0.1) is 0 Å². The summed E-state index contributed by atoms with van der Waals surface area (Å²) in [6, 6.07) is 0. The van der Waals surface area contributed by atoms with Crippen LogP contribution in [0.4, 0.5) is 0 Å². The van der Waals surface area contributed by atoms with E-state index in [0.29, 0.717) is 0 Å². The molecule has 0 N–H and O–H groups in total. The fraction of sp³-hybridized carbons (Fsp3) is 1.00. The molecule has 0 amide bonds. The monoisotopic (exact) mass is 252 g/mol. The summed E-state index contributed by atoms with van der Waals surface area (Å²) in [6.07, 6.45) is 20.8. The molecular formula is C18H36. The average Bonchev–Trinajstić information content (AvgIpc) is 2.39. The van der Waals surface area contributed by atoms with Crippen LogP contribution in [0.25, 0.3) is 0 Å². The molecule has 1 rings (SSSR count). The second kappa shape index (κ2) is 10.9. The van der Waals surface area contributed by atoms with Crippen molar-refractivity contribution in [1.82, 2.24) is 0 Å². The van der Waals surface area contributed by atoms with Gasteiger partial charge in [-0.25, -0.2) is 0 Å². The van der Waals surface area contributed by atoms with E-state index in [1.165, 1.54) is 89.9 Å². The van der Waals surface area contributed by atoms with Crippen molar-refractivity contribution in [3.8, 4) is 0 Å². The van der Waals surface area contributed by atoms with E-state index in [9.17, 15) is 0 Å². The Morgan fingerprint density at radius 3 is 1.78 bits per heavy atom. The first kappa shape index (κ1) is 16.1. The molecule has 108 valence electrons. The molecule has 0 heteroatoms. The zero-order valence-corrected chi connectivity index (χ0v) is 13.1. The zero-order valence-electron chi connectivity index (χ0n) is 13.1. The minimum Gasteiger partial charge on any atom is -0.0654 e. The second-order valence-corrected chi connectivity index (χ2v) is 6.74. The molecule has 0 unspecified atom stereocenters. The van der Waals surface area contributed by atoms with Crippen molar-refractivity contribution in [2.45, 2.75) is 104 Å². The third-order valence-electron chi connectivity index (χ3n) is 4.83. The van der Waals surface area contributed by atoms with Gasteiger partial charge in [0.2, 0.25) is 0 Å². The van der Waals surface area contributed by atoms with E-state index < -0.39 is 0 Å². The van der Waals surface area contributed by atoms with Crippen molar-refractivity contribution in [3.05, 3.63) is 0 Å². The Kier molecular flexibility index (Phi) is 9.70. The van der Waals surface area contributed by atoms with E-state index in [0.717, 1.165) is 11.8 Å². The van der Waals surface area contributed by atoms with Crippen molar-refractivity contribution >= 4 is 0 Å². The van der Waals surface area contributed by atoms with Gasteiger partial charge in [-0.1, -0.05) is 104 Å². The van der Waals surface area contributed by atoms with Gasteiger partial charge in [-0.15, -0.1) is 0 Å². The van der Waals surface area contributed by atoms with Crippen LogP contribution < -0.4 is 0 Å². The standard InChI is InChI=1S/C18H36/c1-3-4-14-18-15-10-6-5-8-12-17(2)13-9-7-11-16-18/h17-18H,3-16H2,1-2H3/t17-,18+/m0/s1. The van der Waals surface area contributed by atoms with Crippen molar-refractivity contribution < 1.29 is 0 Å². The molecule has 2 atom stereocenters. The lowest BCUT2D eigenvalue weighted by molar-refractivity contribution is 0.373. The van der Waals surface area contributed by atoms with Crippen LogP contribution in [0.2, 0.25) is 0 Å². The van der Waals surface area contributed by atoms with Gasteiger partial charge in [0.1, 0.15) is 0 Å². The van der Waals surface area contributed by atoms with Gasteiger partial charge < -0.3 is 0 Å². The first-order chi connectivity index (χ1) is 8.83. The Labute approximate surface area is 116 Å². The largest absolute Gasteiger partial charge is 0.0654 e. The highest BCUT2D eigenvalue weighted by Gasteiger charge is 2.09. The maximum atomic E-state index is 2.46. The summed E-state index contributed by atoms with van der Waals surface area (Å²) in [5.41, 5.74) is 0. The van der Waals surface area contributed by atoms with Crippen LogP contribution in [-0.4, -0.2) is 0 Å². The summed E-state index contributed by atoms with van der Waals surface area (Å²) >= 11 is 0. The number of hydrogen-bond acceptors (Lipinski definition) is 0. The fourth-order valence-electron chi connectivity index (χ4n) is 3.45. The van der Waals surface area contributed by atoms with E-state index in [1.54, 1.807) is 0 Å². The highest BCUT2D eigenvalue weighted by atomic mass is 14.2. The van der Waals surface area contributed by atoms with Crippen LogP contribution in [-0.2, 0) is 0 Å². The second-order valence-electron chi connectivity index (χ2n) is 6.74. The third-order valence-corrected chi connectivity index (χ3v) is 4.83. The Morgan fingerprint density at radius 1 is 0.722 bits per heavy atom. The SMILES string of the molecule is CCCC[C@@H]1CCCCCC[C@H](C)CCCCC1. The van der Waals surface area contributed by atoms with Crippen LogP contribution in [0.3, 0.4) is 0 Å². The van der Waals surface area contributed by atoms with Crippen molar-refractivity contribution in [3.63, 3.8) is 0 Å². The normalized spacial score (nSPS) is 29.0. The molecule has 0 aromatic carbocycles. The first-order valence-corrected chi connectivity index (χ1v) is 8.83. The molecule has 0 radical (unpaired) electrons. The van der Waals surface area contributed by atoms with Crippen LogP contribution in [0.5, 0.6) is 0 Å². The van der Waals surface area contributed by atoms with Gasteiger partial charge >= 0.3 is 0 Å². The van der Waals surface area contributed by atoms with Gasteiger partial charge in [0.15, 0.2) is 0 Å². The smallest absolute Gasteiger partial charge is 0.0414 e.